The van der Waals surface area contributed by atoms with Gasteiger partial charge in [-0.05, 0) is 6.07 Å². The quantitative estimate of drug-likeness (QED) is 0.908. The van der Waals surface area contributed by atoms with Crippen molar-refractivity contribution in [2.75, 3.05) is 5.32 Å². The lowest BCUT2D eigenvalue weighted by atomic mass is 10.3. The lowest BCUT2D eigenvalue weighted by molar-refractivity contribution is -0.142. The molecule has 10 heteroatoms. The minimum Gasteiger partial charge on any atom is -0.322 e. The number of pyridine rings is 1. The number of carbonyl (C=O) groups is 1. The number of aromatic nitrogens is 3. The predicted molar refractivity (Wildman–Crippen MR) is 75.3 cm³/mol. The van der Waals surface area contributed by atoms with Crippen LogP contribution < -0.4 is 5.32 Å². The van der Waals surface area contributed by atoms with Gasteiger partial charge in [-0.3, -0.25) is 9.78 Å². The molecule has 1 N–H and O–H groups in total. The van der Waals surface area contributed by atoms with Gasteiger partial charge in [-0.2, -0.15) is 18.3 Å². The first-order valence-corrected chi connectivity index (χ1v) is 6.73. The van der Waals surface area contributed by atoms with Crippen LogP contribution in [-0.4, -0.2) is 26.8 Å². The molecule has 2 aromatic heterocycles. The maximum Gasteiger partial charge on any atom is 0.389 e. The average Bonchev–Trinajstić information content (AvgIpc) is 2.77. The van der Waals surface area contributed by atoms with Crippen LogP contribution in [0.5, 0.6) is 0 Å². The maximum atomic E-state index is 12.1. The van der Waals surface area contributed by atoms with Crippen LogP contribution in [0.15, 0.2) is 24.7 Å². The van der Waals surface area contributed by atoms with Crippen LogP contribution in [0.25, 0.3) is 5.69 Å². The Morgan fingerprint density at radius 1 is 1.32 bits per heavy atom. The van der Waals surface area contributed by atoms with E-state index in [0.29, 0.717) is 10.7 Å². The summed E-state index contributed by atoms with van der Waals surface area (Å²) in [5, 5.41) is 6.53. The van der Waals surface area contributed by atoms with Gasteiger partial charge in [0, 0.05) is 12.6 Å². The highest BCUT2D eigenvalue weighted by molar-refractivity contribution is 6.32. The molecule has 0 fully saturated rings. The third-order valence-electron chi connectivity index (χ3n) is 2.53. The van der Waals surface area contributed by atoms with Crippen LogP contribution >= 0.6 is 23.2 Å². The van der Waals surface area contributed by atoms with Crippen LogP contribution in [0.1, 0.15) is 12.8 Å². The van der Waals surface area contributed by atoms with Gasteiger partial charge in [0.25, 0.3) is 0 Å². The molecule has 0 aromatic carbocycles. The second-order valence-corrected chi connectivity index (χ2v) is 5.10. The summed E-state index contributed by atoms with van der Waals surface area (Å²) in [6.45, 7) is 0. The number of hydrogen-bond acceptors (Lipinski definition) is 3. The van der Waals surface area contributed by atoms with E-state index in [1.54, 1.807) is 6.07 Å². The molecule has 1 amide bonds. The smallest absolute Gasteiger partial charge is 0.322 e. The Morgan fingerprint density at radius 2 is 2.05 bits per heavy atom. The SMILES string of the molecule is O=C(CCC(F)(F)F)Nc1cn(-c2cncc(Cl)c2)nc1Cl. The van der Waals surface area contributed by atoms with Crippen molar-refractivity contribution in [2.45, 2.75) is 19.0 Å². The molecule has 0 atom stereocenters. The Kier molecular flexibility index (Phi) is 4.92. The van der Waals surface area contributed by atoms with Crippen molar-refractivity contribution in [2.24, 2.45) is 0 Å². The van der Waals surface area contributed by atoms with Gasteiger partial charge in [0.1, 0.15) is 0 Å². The van der Waals surface area contributed by atoms with Crippen molar-refractivity contribution in [1.29, 1.82) is 0 Å². The van der Waals surface area contributed by atoms with E-state index in [-0.39, 0.29) is 10.8 Å². The van der Waals surface area contributed by atoms with Crippen LogP contribution in [0.3, 0.4) is 0 Å². The van der Waals surface area contributed by atoms with Crippen LogP contribution in [0, 0.1) is 0 Å². The van der Waals surface area contributed by atoms with Gasteiger partial charge in [-0.1, -0.05) is 23.2 Å². The minimum absolute atomic E-state index is 0.0552. The first kappa shape index (κ1) is 16.6. The number of nitrogens with zero attached hydrogens (tertiary/aromatic N) is 3. The van der Waals surface area contributed by atoms with Gasteiger partial charge < -0.3 is 5.32 Å². The van der Waals surface area contributed by atoms with E-state index >= 15 is 0 Å². The second kappa shape index (κ2) is 6.53. The van der Waals surface area contributed by atoms with E-state index < -0.39 is 24.9 Å². The molecule has 0 bridgehead atoms. The Labute approximate surface area is 133 Å². The molecular weight excluding hydrogens is 344 g/mol. The molecule has 0 spiro atoms. The summed E-state index contributed by atoms with van der Waals surface area (Å²) in [6.07, 6.45) is -2.04. The molecule has 0 aliphatic rings. The molecule has 0 saturated carbocycles. The number of anilines is 1. The zero-order chi connectivity index (χ0) is 16.3. The lowest BCUT2D eigenvalue weighted by Gasteiger charge is -2.06. The summed E-state index contributed by atoms with van der Waals surface area (Å²) < 4.78 is 37.5. The van der Waals surface area contributed by atoms with Crippen molar-refractivity contribution in [3.8, 4) is 5.69 Å². The molecule has 5 nitrogen and oxygen atoms in total. The Morgan fingerprint density at radius 3 is 2.68 bits per heavy atom. The Hall–Kier alpha value is -1.80. The number of alkyl halides is 3. The number of halogens is 5. The second-order valence-electron chi connectivity index (χ2n) is 4.30. The van der Waals surface area contributed by atoms with Gasteiger partial charge in [0.2, 0.25) is 5.91 Å². The number of rotatable bonds is 4. The standard InChI is InChI=1S/C12H9Cl2F3N4O/c13-7-3-8(5-18-4-7)21-6-9(11(14)20-21)19-10(22)1-2-12(15,16)17/h3-6H,1-2H2,(H,19,22). The minimum atomic E-state index is -4.39. The normalized spacial score (nSPS) is 11.5. The molecule has 0 aliphatic carbocycles. The summed E-state index contributed by atoms with van der Waals surface area (Å²) in [7, 11) is 0. The van der Waals surface area contributed by atoms with Gasteiger partial charge in [-0.15, -0.1) is 0 Å². The van der Waals surface area contributed by atoms with Crippen LogP contribution in [0.4, 0.5) is 18.9 Å². The van der Waals surface area contributed by atoms with E-state index in [0.717, 1.165) is 0 Å². The first-order valence-electron chi connectivity index (χ1n) is 5.97. The molecule has 0 unspecified atom stereocenters. The van der Waals surface area contributed by atoms with Crippen LogP contribution in [-0.2, 0) is 4.79 Å². The molecular formula is C12H9Cl2F3N4O. The first-order chi connectivity index (χ1) is 10.2. The van der Waals surface area contributed by atoms with Crippen molar-refractivity contribution in [3.05, 3.63) is 34.8 Å². The highest BCUT2D eigenvalue weighted by atomic mass is 35.5. The summed E-state index contributed by atoms with van der Waals surface area (Å²) in [5.41, 5.74) is 0.596. The van der Waals surface area contributed by atoms with Gasteiger partial charge in [-0.25, -0.2) is 4.68 Å². The average molecular weight is 353 g/mol. The Balaban J connectivity index is 2.09. The van der Waals surface area contributed by atoms with Gasteiger partial charge in [0.15, 0.2) is 5.15 Å². The predicted octanol–water partition coefficient (Wildman–Crippen LogP) is 3.86. The van der Waals surface area contributed by atoms with E-state index in [2.05, 4.69) is 15.4 Å². The van der Waals surface area contributed by atoms with E-state index in [9.17, 15) is 18.0 Å². The van der Waals surface area contributed by atoms with Gasteiger partial charge in [0.05, 0.1) is 35.2 Å². The number of amides is 1. The van der Waals surface area contributed by atoms with Crippen molar-refractivity contribution in [1.82, 2.24) is 14.8 Å². The maximum absolute atomic E-state index is 12.1. The molecule has 0 radical (unpaired) electrons. The monoisotopic (exact) mass is 352 g/mol. The summed E-state index contributed by atoms with van der Waals surface area (Å²) >= 11 is 11.6. The zero-order valence-electron chi connectivity index (χ0n) is 10.9. The number of hydrogen-bond donors (Lipinski definition) is 1. The molecule has 0 aliphatic heterocycles. The van der Waals surface area contributed by atoms with E-state index in [1.807, 2.05) is 0 Å². The lowest BCUT2D eigenvalue weighted by Crippen LogP contribution is -2.16. The summed E-state index contributed by atoms with van der Waals surface area (Å²) in [6, 6.07) is 1.56. The van der Waals surface area contributed by atoms with Gasteiger partial charge >= 0.3 is 6.18 Å². The fourth-order valence-corrected chi connectivity index (χ4v) is 1.91. The van der Waals surface area contributed by atoms with E-state index in [4.69, 9.17) is 23.2 Å². The molecule has 0 saturated heterocycles. The molecule has 2 heterocycles. The number of nitrogens with one attached hydrogen (secondary N) is 1. The molecule has 2 aromatic rings. The number of carbonyl (C=O) groups excluding carboxylic acids is 1. The third kappa shape index (κ3) is 4.60. The van der Waals surface area contributed by atoms with Crippen molar-refractivity contribution >= 4 is 34.8 Å². The zero-order valence-corrected chi connectivity index (χ0v) is 12.4. The summed E-state index contributed by atoms with van der Waals surface area (Å²) in [4.78, 5) is 15.3. The third-order valence-corrected chi connectivity index (χ3v) is 3.02. The summed E-state index contributed by atoms with van der Waals surface area (Å²) in [5.74, 6) is -0.803. The molecule has 2 rings (SSSR count). The van der Waals surface area contributed by atoms with Crippen molar-refractivity contribution < 1.29 is 18.0 Å². The topological polar surface area (TPSA) is 59.8 Å². The Bertz CT molecular complexity index is 687. The van der Waals surface area contributed by atoms with Crippen LogP contribution in [0.2, 0.25) is 10.2 Å². The molecule has 118 valence electrons. The largest absolute Gasteiger partial charge is 0.389 e. The highest BCUT2D eigenvalue weighted by Gasteiger charge is 2.28. The van der Waals surface area contributed by atoms with E-state index in [1.165, 1.54) is 23.3 Å². The highest BCUT2D eigenvalue weighted by Crippen LogP contribution is 2.25. The molecule has 22 heavy (non-hydrogen) atoms. The fourth-order valence-electron chi connectivity index (χ4n) is 1.56. The fraction of sp³-hybridized carbons (Fsp3) is 0.250. The van der Waals surface area contributed by atoms with Crippen molar-refractivity contribution in [3.63, 3.8) is 0 Å².